The summed E-state index contributed by atoms with van der Waals surface area (Å²) in [6, 6.07) is -0.146. The van der Waals surface area contributed by atoms with Crippen LogP contribution in [0.2, 0.25) is 0 Å². The monoisotopic (exact) mass is 255 g/mol. The molecule has 0 aromatic carbocycles. The first-order valence-electron chi connectivity index (χ1n) is 5.88. The summed E-state index contributed by atoms with van der Waals surface area (Å²) in [7, 11) is 0. The van der Waals surface area contributed by atoms with Crippen LogP contribution in [-0.4, -0.2) is 16.9 Å². The van der Waals surface area contributed by atoms with E-state index in [1.165, 1.54) is 0 Å². The number of carbonyl (C=O) groups excluding carboxylic acids is 1. The summed E-state index contributed by atoms with van der Waals surface area (Å²) in [5.41, 5.74) is 5.35. The van der Waals surface area contributed by atoms with Gasteiger partial charge in [-0.25, -0.2) is 4.98 Å². The molecule has 0 radical (unpaired) electrons. The van der Waals surface area contributed by atoms with Crippen molar-refractivity contribution in [1.82, 2.24) is 10.3 Å². The van der Waals surface area contributed by atoms with Crippen LogP contribution in [-0.2, 0) is 10.3 Å². The summed E-state index contributed by atoms with van der Waals surface area (Å²) in [5.74, 6) is -0.208. The second kappa shape index (κ2) is 5.60. The van der Waals surface area contributed by atoms with E-state index < -0.39 is 5.54 Å². The van der Waals surface area contributed by atoms with Crippen molar-refractivity contribution in [2.75, 3.05) is 0 Å². The average Bonchev–Trinajstić information content (AvgIpc) is 2.81. The minimum atomic E-state index is -0.394. The van der Waals surface area contributed by atoms with Crippen LogP contribution in [0.5, 0.6) is 0 Å². The van der Waals surface area contributed by atoms with Gasteiger partial charge in [-0.3, -0.25) is 4.79 Å². The van der Waals surface area contributed by atoms with Crippen molar-refractivity contribution in [3.05, 3.63) is 16.6 Å². The molecule has 1 aromatic rings. The normalized spacial score (nSPS) is 18.2. The second-order valence-corrected chi connectivity index (χ2v) is 5.55. The van der Waals surface area contributed by atoms with Gasteiger partial charge in [0.25, 0.3) is 0 Å². The number of nitrogens with zero attached hydrogens (tertiary/aromatic N) is 1. The van der Waals surface area contributed by atoms with Gasteiger partial charge >= 0.3 is 0 Å². The van der Waals surface area contributed by atoms with Crippen LogP contribution in [0.15, 0.2) is 11.6 Å². The minimum absolute atomic E-state index is 0.0143. The van der Waals surface area contributed by atoms with Crippen LogP contribution in [0, 0.1) is 5.92 Å². The van der Waals surface area contributed by atoms with E-state index in [9.17, 15) is 4.79 Å². The Morgan fingerprint density at radius 2 is 2.29 bits per heavy atom. The van der Waals surface area contributed by atoms with Crippen molar-refractivity contribution in [3.8, 4) is 0 Å². The smallest absolute Gasteiger partial charge is 0.225 e. The van der Waals surface area contributed by atoms with Gasteiger partial charge in [0.05, 0.1) is 5.54 Å². The van der Waals surface area contributed by atoms with E-state index in [0.29, 0.717) is 0 Å². The number of aromatic nitrogens is 1. The van der Waals surface area contributed by atoms with Crippen molar-refractivity contribution in [2.24, 2.45) is 11.7 Å². The summed E-state index contributed by atoms with van der Waals surface area (Å²) >= 11 is 1.56. The van der Waals surface area contributed by atoms with Crippen LogP contribution in [0.4, 0.5) is 0 Å². The number of thiazole rings is 1. The summed E-state index contributed by atoms with van der Waals surface area (Å²) in [6.45, 7) is 7.73. The maximum Gasteiger partial charge on any atom is 0.225 e. The second-order valence-electron chi connectivity index (χ2n) is 4.66. The first kappa shape index (κ1) is 14.1. The fourth-order valence-corrected chi connectivity index (χ4v) is 2.24. The standard InChI is InChI=1S/C12H21N3OS/c1-5-12(4,11-14-6-7-17-11)15-10(16)8(2)9(3)13/h6-9H,5,13H2,1-4H3,(H,15,16). The predicted octanol–water partition coefficient (Wildman–Crippen LogP) is 1.87. The molecule has 4 nitrogen and oxygen atoms in total. The molecule has 96 valence electrons. The van der Waals surface area contributed by atoms with Gasteiger partial charge in [-0.2, -0.15) is 0 Å². The molecule has 0 spiro atoms. The Bertz CT molecular complexity index is 364. The predicted molar refractivity (Wildman–Crippen MR) is 70.7 cm³/mol. The number of hydrogen-bond donors (Lipinski definition) is 2. The molecule has 1 aromatic heterocycles. The topological polar surface area (TPSA) is 68.0 Å². The quantitative estimate of drug-likeness (QED) is 0.844. The van der Waals surface area contributed by atoms with E-state index in [1.807, 2.05) is 33.1 Å². The van der Waals surface area contributed by atoms with Gasteiger partial charge in [0, 0.05) is 23.5 Å². The fraction of sp³-hybridized carbons (Fsp3) is 0.667. The zero-order valence-electron chi connectivity index (χ0n) is 10.9. The minimum Gasteiger partial charge on any atom is -0.344 e. The fourth-order valence-electron chi connectivity index (χ4n) is 1.41. The molecule has 1 rings (SSSR count). The van der Waals surface area contributed by atoms with Gasteiger partial charge in [0.1, 0.15) is 5.01 Å². The highest BCUT2D eigenvalue weighted by atomic mass is 32.1. The lowest BCUT2D eigenvalue weighted by Crippen LogP contribution is -2.48. The van der Waals surface area contributed by atoms with Gasteiger partial charge in [0.2, 0.25) is 5.91 Å². The highest BCUT2D eigenvalue weighted by Gasteiger charge is 2.31. The highest BCUT2D eigenvalue weighted by molar-refractivity contribution is 7.09. The van der Waals surface area contributed by atoms with Crippen LogP contribution in [0.1, 0.15) is 39.1 Å². The maximum absolute atomic E-state index is 12.0. The van der Waals surface area contributed by atoms with Crippen molar-refractivity contribution in [3.63, 3.8) is 0 Å². The van der Waals surface area contributed by atoms with E-state index >= 15 is 0 Å². The molecule has 0 aliphatic rings. The molecule has 0 aliphatic carbocycles. The lowest BCUT2D eigenvalue weighted by Gasteiger charge is -2.29. The summed E-state index contributed by atoms with van der Waals surface area (Å²) < 4.78 is 0. The Labute approximate surface area is 107 Å². The number of carbonyl (C=O) groups is 1. The molecule has 3 N–H and O–H groups in total. The first-order valence-corrected chi connectivity index (χ1v) is 6.76. The maximum atomic E-state index is 12.0. The molecule has 0 aliphatic heterocycles. The van der Waals surface area contributed by atoms with Crippen LogP contribution in [0.3, 0.4) is 0 Å². The van der Waals surface area contributed by atoms with E-state index in [0.717, 1.165) is 11.4 Å². The molecule has 17 heavy (non-hydrogen) atoms. The van der Waals surface area contributed by atoms with Crippen molar-refractivity contribution >= 4 is 17.2 Å². The zero-order valence-corrected chi connectivity index (χ0v) is 11.7. The Hall–Kier alpha value is -0.940. The molecule has 3 unspecified atom stereocenters. The molecule has 0 saturated heterocycles. The molecule has 0 fully saturated rings. The Morgan fingerprint density at radius 1 is 1.65 bits per heavy atom. The molecule has 1 amide bonds. The molecule has 5 heteroatoms. The average molecular weight is 255 g/mol. The van der Waals surface area contributed by atoms with Gasteiger partial charge in [-0.15, -0.1) is 11.3 Å². The summed E-state index contributed by atoms with van der Waals surface area (Å²) in [5, 5.41) is 5.91. The highest BCUT2D eigenvalue weighted by Crippen LogP contribution is 2.26. The van der Waals surface area contributed by atoms with Crippen molar-refractivity contribution in [1.29, 1.82) is 0 Å². The van der Waals surface area contributed by atoms with Gasteiger partial charge in [-0.05, 0) is 20.3 Å². The third-order valence-electron chi connectivity index (χ3n) is 3.21. The molecular formula is C12H21N3OS. The lowest BCUT2D eigenvalue weighted by atomic mass is 9.96. The number of rotatable bonds is 5. The number of amides is 1. The largest absolute Gasteiger partial charge is 0.344 e. The number of hydrogen-bond acceptors (Lipinski definition) is 4. The SMILES string of the molecule is CCC(C)(NC(=O)C(C)C(C)N)c1nccs1. The molecular weight excluding hydrogens is 234 g/mol. The van der Waals surface area contributed by atoms with Gasteiger partial charge < -0.3 is 11.1 Å². The van der Waals surface area contributed by atoms with Crippen molar-refractivity contribution in [2.45, 2.75) is 45.7 Å². The molecule has 1 heterocycles. The van der Waals surface area contributed by atoms with E-state index in [-0.39, 0.29) is 17.9 Å². The summed E-state index contributed by atoms with van der Waals surface area (Å²) in [4.78, 5) is 16.3. The Kier molecular flexibility index (Phi) is 4.65. The first-order chi connectivity index (χ1) is 7.90. The molecule has 0 saturated carbocycles. The van der Waals surface area contributed by atoms with Gasteiger partial charge in [0.15, 0.2) is 0 Å². The van der Waals surface area contributed by atoms with Crippen molar-refractivity contribution < 1.29 is 4.79 Å². The summed E-state index contributed by atoms with van der Waals surface area (Å²) in [6.07, 6.45) is 2.56. The third kappa shape index (κ3) is 3.26. The van der Waals surface area contributed by atoms with Crippen LogP contribution < -0.4 is 11.1 Å². The van der Waals surface area contributed by atoms with E-state index in [1.54, 1.807) is 17.5 Å². The Morgan fingerprint density at radius 3 is 2.71 bits per heavy atom. The van der Waals surface area contributed by atoms with Crippen LogP contribution >= 0.6 is 11.3 Å². The van der Waals surface area contributed by atoms with E-state index in [2.05, 4.69) is 10.3 Å². The zero-order chi connectivity index (χ0) is 13.1. The van der Waals surface area contributed by atoms with Gasteiger partial charge in [-0.1, -0.05) is 13.8 Å². The third-order valence-corrected chi connectivity index (χ3v) is 4.25. The van der Waals surface area contributed by atoms with E-state index in [4.69, 9.17) is 5.73 Å². The molecule has 0 bridgehead atoms. The number of nitrogens with two attached hydrogens (primary N) is 1. The molecule has 3 atom stereocenters. The lowest BCUT2D eigenvalue weighted by molar-refractivity contribution is -0.127. The number of nitrogens with one attached hydrogen (secondary N) is 1. The van der Waals surface area contributed by atoms with Crippen LogP contribution in [0.25, 0.3) is 0 Å². The Balaban J connectivity index is 2.80.